The van der Waals surface area contributed by atoms with Gasteiger partial charge in [-0.2, -0.15) is 8.42 Å². The molecule has 3 aromatic carbocycles. The minimum Gasteiger partial charge on any atom is -0.390 e. The van der Waals surface area contributed by atoms with Crippen LogP contribution in [-0.4, -0.2) is 26.2 Å². The number of aliphatic hydroxyl groups is 1. The molecule has 4 nitrogen and oxygen atoms in total. The number of halogens is 2. The molecular formula is C22H20Cl2O4S. The zero-order chi connectivity index (χ0) is 21.0. The van der Waals surface area contributed by atoms with Crippen molar-refractivity contribution in [1.29, 1.82) is 0 Å². The lowest BCUT2D eigenvalue weighted by Crippen LogP contribution is -2.27. The van der Waals surface area contributed by atoms with E-state index in [2.05, 4.69) is 0 Å². The van der Waals surface area contributed by atoms with E-state index in [1.165, 1.54) is 12.1 Å². The molecule has 0 fully saturated rings. The monoisotopic (exact) mass is 450 g/mol. The number of rotatable bonds is 7. The van der Waals surface area contributed by atoms with Crippen molar-refractivity contribution in [2.75, 3.05) is 6.61 Å². The summed E-state index contributed by atoms with van der Waals surface area (Å²) in [7, 11) is -3.99. The fraction of sp³-hybridized carbons (Fsp3) is 0.182. The van der Waals surface area contributed by atoms with Gasteiger partial charge < -0.3 is 5.11 Å². The van der Waals surface area contributed by atoms with Crippen LogP contribution >= 0.6 is 23.2 Å². The highest BCUT2D eigenvalue weighted by molar-refractivity contribution is 7.86. The van der Waals surface area contributed by atoms with Crippen molar-refractivity contribution in [3.63, 3.8) is 0 Å². The average Bonchev–Trinajstić information content (AvgIpc) is 2.70. The number of hydrogen-bond donors (Lipinski definition) is 1. The summed E-state index contributed by atoms with van der Waals surface area (Å²) in [5, 5.41) is 11.6. The molecule has 0 saturated heterocycles. The van der Waals surface area contributed by atoms with Gasteiger partial charge in [-0.05, 0) is 42.3 Å². The SMILES string of the molecule is Cc1ccc(S(=O)(=O)OC[C@@H](O)[C@@H](c2ccccc2)c2ccc(Cl)c(Cl)c2)cc1. The van der Waals surface area contributed by atoms with Crippen molar-refractivity contribution in [1.82, 2.24) is 0 Å². The Kier molecular flexibility index (Phi) is 6.98. The molecule has 0 heterocycles. The van der Waals surface area contributed by atoms with Gasteiger partial charge in [-0.25, -0.2) is 0 Å². The molecule has 0 aliphatic carbocycles. The van der Waals surface area contributed by atoms with Crippen LogP contribution in [0.3, 0.4) is 0 Å². The highest BCUT2D eigenvalue weighted by Crippen LogP contribution is 2.33. The Morgan fingerprint density at radius 3 is 2.17 bits per heavy atom. The second kappa shape index (κ2) is 9.28. The summed E-state index contributed by atoms with van der Waals surface area (Å²) in [4.78, 5) is 0.0427. The molecule has 2 atom stereocenters. The first-order valence-electron chi connectivity index (χ1n) is 8.92. The van der Waals surface area contributed by atoms with Gasteiger partial charge in [0, 0.05) is 5.92 Å². The molecule has 0 unspecified atom stereocenters. The summed E-state index contributed by atoms with van der Waals surface area (Å²) in [6.45, 7) is 1.46. The van der Waals surface area contributed by atoms with E-state index >= 15 is 0 Å². The van der Waals surface area contributed by atoms with Gasteiger partial charge in [-0.15, -0.1) is 0 Å². The van der Waals surface area contributed by atoms with Crippen LogP contribution in [0.5, 0.6) is 0 Å². The van der Waals surface area contributed by atoms with Crippen molar-refractivity contribution in [2.24, 2.45) is 0 Å². The molecule has 0 radical (unpaired) electrons. The van der Waals surface area contributed by atoms with Crippen molar-refractivity contribution in [2.45, 2.75) is 23.8 Å². The Balaban J connectivity index is 1.86. The zero-order valence-corrected chi connectivity index (χ0v) is 18.0. The molecule has 0 aliphatic rings. The third kappa shape index (κ3) is 5.38. The van der Waals surface area contributed by atoms with E-state index < -0.39 is 28.7 Å². The van der Waals surface area contributed by atoms with Gasteiger partial charge in [0.2, 0.25) is 0 Å². The quantitative estimate of drug-likeness (QED) is 0.502. The molecule has 7 heteroatoms. The van der Waals surface area contributed by atoms with E-state index in [1.54, 1.807) is 30.3 Å². The van der Waals surface area contributed by atoms with E-state index in [-0.39, 0.29) is 4.90 Å². The first-order chi connectivity index (χ1) is 13.8. The van der Waals surface area contributed by atoms with Gasteiger partial charge in [0.05, 0.1) is 27.7 Å². The molecule has 0 spiro atoms. The zero-order valence-electron chi connectivity index (χ0n) is 15.6. The predicted molar refractivity (Wildman–Crippen MR) is 115 cm³/mol. The lowest BCUT2D eigenvalue weighted by molar-refractivity contribution is 0.0966. The lowest BCUT2D eigenvalue weighted by atomic mass is 9.87. The second-order valence-corrected chi connectivity index (χ2v) is 9.11. The molecular weight excluding hydrogens is 431 g/mol. The Labute approximate surface area is 180 Å². The van der Waals surface area contributed by atoms with E-state index in [1.807, 2.05) is 37.3 Å². The van der Waals surface area contributed by atoms with E-state index in [0.29, 0.717) is 15.6 Å². The standard InChI is InChI=1S/C22H20Cl2O4S/c1-15-7-10-18(11-8-15)29(26,27)28-14-21(25)22(16-5-3-2-4-6-16)17-9-12-19(23)20(24)13-17/h2-13,21-22,25H,14H2,1H3/t21-,22+/m1/s1. The van der Waals surface area contributed by atoms with Crippen LogP contribution in [-0.2, 0) is 14.3 Å². The molecule has 3 aromatic rings. The fourth-order valence-electron chi connectivity index (χ4n) is 3.03. The normalized spacial score (nSPS) is 13.8. The van der Waals surface area contributed by atoms with Crippen molar-refractivity contribution in [3.8, 4) is 0 Å². The van der Waals surface area contributed by atoms with Crippen LogP contribution in [0.1, 0.15) is 22.6 Å². The predicted octanol–water partition coefficient (Wildman–Crippen LogP) is 5.20. The van der Waals surface area contributed by atoms with Gasteiger partial charge in [0.1, 0.15) is 0 Å². The van der Waals surface area contributed by atoms with Crippen molar-refractivity contribution < 1.29 is 17.7 Å². The number of benzene rings is 3. The van der Waals surface area contributed by atoms with Crippen LogP contribution in [0.4, 0.5) is 0 Å². The first kappa shape index (κ1) is 21.8. The molecule has 0 aliphatic heterocycles. The summed E-state index contributed by atoms with van der Waals surface area (Å²) in [6.07, 6.45) is -1.13. The van der Waals surface area contributed by atoms with Crippen LogP contribution in [0.25, 0.3) is 0 Å². The molecule has 0 amide bonds. The molecule has 0 saturated carbocycles. The molecule has 3 rings (SSSR count). The van der Waals surface area contributed by atoms with Crippen LogP contribution in [0, 0.1) is 6.92 Å². The number of aliphatic hydroxyl groups excluding tert-OH is 1. The molecule has 152 valence electrons. The Morgan fingerprint density at radius 1 is 0.897 bits per heavy atom. The van der Waals surface area contributed by atoms with Gasteiger partial charge in [0.25, 0.3) is 10.1 Å². The smallest absolute Gasteiger partial charge is 0.297 e. The maximum atomic E-state index is 12.5. The third-order valence-electron chi connectivity index (χ3n) is 4.55. The molecule has 0 aromatic heterocycles. The van der Waals surface area contributed by atoms with Gasteiger partial charge in [0.15, 0.2) is 0 Å². The van der Waals surface area contributed by atoms with Crippen molar-refractivity contribution in [3.05, 3.63) is 99.5 Å². The third-order valence-corrected chi connectivity index (χ3v) is 6.58. The maximum absolute atomic E-state index is 12.5. The van der Waals surface area contributed by atoms with Crippen LogP contribution in [0.2, 0.25) is 10.0 Å². The van der Waals surface area contributed by atoms with Crippen LogP contribution in [0.15, 0.2) is 77.7 Å². The molecule has 29 heavy (non-hydrogen) atoms. The molecule has 0 bridgehead atoms. The summed E-state index contributed by atoms with van der Waals surface area (Å²) < 4.78 is 30.1. The lowest BCUT2D eigenvalue weighted by Gasteiger charge is -2.24. The minimum absolute atomic E-state index is 0.0427. The van der Waals surface area contributed by atoms with E-state index in [0.717, 1.165) is 11.1 Å². The first-order valence-corrected chi connectivity index (χ1v) is 11.1. The number of aryl methyl sites for hydroxylation is 1. The summed E-state index contributed by atoms with van der Waals surface area (Å²) in [5.41, 5.74) is 2.44. The summed E-state index contributed by atoms with van der Waals surface area (Å²) in [6, 6.07) is 20.6. The van der Waals surface area contributed by atoms with Gasteiger partial charge in [-0.1, -0.05) is 77.3 Å². The van der Waals surface area contributed by atoms with E-state index in [9.17, 15) is 13.5 Å². The molecule has 1 N–H and O–H groups in total. The Hall–Kier alpha value is -1.89. The minimum atomic E-state index is -3.99. The fourth-order valence-corrected chi connectivity index (χ4v) is 4.26. The number of hydrogen-bond acceptors (Lipinski definition) is 4. The van der Waals surface area contributed by atoms with Gasteiger partial charge >= 0.3 is 0 Å². The van der Waals surface area contributed by atoms with E-state index in [4.69, 9.17) is 27.4 Å². The highest BCUT2D eigenvalue weighted by atomic mass is 35.5. The Bertz CT molecular complexity index is 1070. The second-order valence-electron chi connectivity index (χ2n) is 6.68. The average molecular weight is 451 g/mol. The Morgan fingerprint density at radius 2 is 1.55 bits per heavy atom. The largest absolute Gasteiger partial charge is 0.390 e. The maximum Gasteiger partial charge on any atom is 0.297 e. The summed E-state index contributed by atoms with van der Waals surface area (Å²) in [5.74, 6) is -0.542. The highest BCUT2D eigenvalue weighted by Gasteiger charge is 2.26. The van der Waals surface area contributed by atoms with Crippen LogP contribution < -0.4 is 0 Å². The topological polar surface area (TPSA) is 63.6 Å². The van der Waals surface area contributed by atoms with Crippen molar-refractivity contribution >= 4 is 33.3 Å². The summed E-state index contributed by atoms with van der Waals surface area (Å²) >= 11 is 12.2. The van der Waals surface area contributed by atoms with Gasteiger partial charge in [-0.3, -0.25) is 4.18 Å².